The van der Waals surface area contributed by atoms with Gasteiger partial charge in [0, 0.05) is 18.8 Å². The van der Waals surface area contributed by atoms with Gasteiger partial charge in [0.15, 0.2) is 0 Å². The molecule has 5 heteroatoms. The van der Waals surface area contributed by atoms with Crippen LogP contribution in [0.5, 0.6) is 0 Å². The average Bonchev–Trinajstić information content (AvgIpc) is 2.87. The van der Waals surface area contributed by atoms with Gasteiger partial charge in [0.25, 0.3) is 5.91 Å². The van der Waals surface area contributed by atoms with Crippen LogP contribution in [0.1, 0.15) is 29.6 Å². The maximum absolute atomic E-state index is 12.0. The van der Waals surface area contributed by atoms with Crippen molar-refractivity contribution in [2.24, 2.45) is 5.73 Å². The van der Waals surface area contributed by atoms with Crippen molar-refractivity contribution >= 4 is 5.91 Å². The number of carbonyl (C=O) groups excluding carboxylic acids is 1. The molecule has 3 N–H and O–H groups in total. The van der Waals surface area contributed by atoms with Crippen LogP contribution in [0.4, 0.5) is 0 Å². The molecule has 1 aromatic rings. The first kappa shape index (κ1) is 10.2. The number of nitrogens with two attached hydrogens (primary N) is 1. The standard InChI is InChI=1S/C10H16N4O/c11-4-3-9-2-1-5-14(9)10(15)8-6-12-13-7-8/h6-7,9H,1-5,11H2,(H,12,13). The number of aromatic amines is 1. The molecule has 2 rings (SSSR count). The van der Waals surface area contributed by atoms with E-state index in [1.165, 1.54) is 0 Å². The Kier molecular flexibility index (Phi) is 3.01. The van der Waals surface area contributed by atoms with Crippen LogP contribution in [0.15, 0.2) is 12.4 Å². The van der Waals surface area contributed by atoms with Gasteiger partial charge < -0.3 is 10.6 Å². The van der Waals surface area contributed by atoms with Crippen LogP contribution in [0, 0.1) is 0 Å². The first-order chi connectivity index (χ1) is 7.33. The lowest BCUT2D eigenvalue weighted by molar-refractivity contribution is 0.0732. The molecule has 15 heavy (non-hydrogen) atoms. The molecule has 0 spiro atoms. The van der Waals surface area contributed by atoms with E-state index in [1.807, 2.05) is 4.90 Å². The number of hydrogen-bond donors (Lipinski definition) is 2. The molecule has 0 bridgehead atoms. The quantitative estimate of drug-likeness (QED) is 0.753. The minimum Gasteiger partial charge on any atom is -0.336 e. The van der Waals surface area contributed by atoms with Crippen molar-refractivity contribution in [3.8, 4) is 0 Å². The molecule has 1 saturated heterocycles. The maximum Gasteiger partial charge on any atom is 0.257 e. The molecule has 2 heterocycles. The van der Waals surface area contributed by atoms with Crippen LogP contribution >= 0.6 is 0 Å². The van der Waals surface area contributed by atoms with Crippen molar-refractivity contribution in [3.63, 3.8) is 0 Å². The maximum atomic E-state index is 12.0. The highest BCUT2D eigenvalue weighted by Crippen LogP contribution is 2.21. The van der Waals surface area contributed by atoms with Gasteiger partial charge in [-0.1, -0.05) is 0 Å². The Labute approximate surface area is 88.6 Å². The van der Waals surface area contributed by atoms with E-state index in [2.05, 4.69) is 10.2 Å². The Morgan fingerprint density at radius 3 is 3.27 bits per heavy atom. The van der Waals surface area contributed by atoms with Crippen LogP contribution in [-0.2, 0) is 0 Å². The van der Waals surface area contributed by atoms with Gasteiger partial charge in [0.05, 0.1) is 11.8 Å². The summed E-state index contributed by atoms with van der Waals surface area (Å²) >= 11 is 0. The first-order valence-corrected chi connectivity index (χ1v) is 5.32. The third-order valence-electron chi connectivity index (χ3n) is 2.88. The monoisotopic (exact) mass is 208 g/mol. The van der Waals surface area contributed by atoms with E-state index in [-0.39, 0.29) is 5.91 Å². The molecule has 0 radical (unpaired) electrons. The Bertz CT molecular complexity index is 322. The number of aromatic nitrogens is 2. The van der Waals surface area contributed by atoms with E-state index in [0.717, 1.165) is 25.8 Å². The van der Waals surface area contributed by atoms with Crippen LogP contribution in [0.2, 0.25) is 0 Å². The molecule has 1 fully saturated rings. The summed E-state index contributed by atoms with van der Waals surface area (Å²) in [6, 6.07) is 0.317. The van der Waals surface area contributed by atoms with Crippen molar-refractivity contribution in [1.82, 2.24) is 15.1 Å². The second-order valence-corrected chi connectivity index (χ2v) is 3.86. The highest BCUT2D eigenvalue weighted by molar-refractivity contribution is 5.94. The summed E-state index contributed by atoms with van der Waals surface area (Å²) in [5.74, 6) is 0.0692. The third-order valence-corrected chi connectivity index (χ3v) is 2.88. The summed E-state index contributed by atoms with van der Waals surface area (Å²) in [6.45, 7) is 1.48. The predicted octanol–water partition coefficient (Wildman–Crippen LogP) is 0.363. The average molecular weight is 208 g/mol. The zero-order valence-corrected chi connectivity index (χ0v) is 8.65. The molecule has 0 aromatic carbocycles. The number of hydrogen-bond acceptors (Lipinski definition) is 3. The van der Waals surface area contributed by atoms with Gasteiger partial charge >= 0.3 is 0 Å². The Morgan fingerprint density at radius 2 is 2.60 bits per heavy atom. The number of nitrogens with zero attached hydrogens (tertiary/aromatic N) is 2. The number of likely N-dealkylation sites (tertiary alicyclic amines) is 1. The molecule has 1 amide bonds. The fourth-order valence-corrected chi connectivity index (χ4v) is 2.13. The molecule has 1 aliphatic heterocycles. The number of H-pyrrole nitrogens is 1. The minimum atomic E-state index is 0.0692. The van der Waals surface area contributed by atoms with Crippen LogP contribution in [0.25, 0.3) is 0 Å². The molecule has 1 aliphatic rings. The van der Waals surface area contributed by atoms with Crippen LogP contribution < -0.4 is 5.73 Å². The molecular formula is C10H16N4O. The molecule has 5 nitrogen and oxygen atoms in total. The summed E-state index contributed by atoms with van der Waals surface area (Å²) in [6.07, 6.45) is 6.25. The van der Waals surface area contributed by atoms with E-state index < -0.39 is 0 Å². The smallest absolute Gasteiger partial charge is 0.257 e. The zero-order valence-electron chi connectivity index (χ0n) is 8.65. The normalized spacial score (nSPS) is 20.9. The van der Waals surface area contributed by atoms with Gasteiger partial charge in [0.2, 0.25) is 0 Å². The molecule has 82 valence electrons. The van der Waals surface area contributed by atoms with E-state index in [9.17, 15) is 4.79 Å². The fraction of sp³-hybridized carbons (Fsp3) is 0.600. The first-order valence-electron chi connectivity index (χ1n) is 5.32. The summed E-state index contributed by atoms with van der Waals surface area (Å²) in [7, 11) is 0. The van der Waals surface area contributed by atoms with E-state index in [4.69, 9.17) is 5.73 Å². The van der Waals surface area contributed by atoms with Crippen molar-refractivity contribution in [1.29, 1.82) is 0 Å². The van der Waals surface area contributed by atoms with Crippen molar-refractivity contribution in [2.75, 3.05) is 13.1 Å². The zero-order chi connectivity index (χ0) is 10.7. The van der Waals surface area contributed by atoms with Crippen molar-refractivity contribution in [3.05, 3.63) is 18.0 Å². The van der Waals surface area contributed by atoms with Gasteiger partial charge in [0.1, 0.15) is 0 Å². The number of carbonyl (C=O) groups is 1. The lowest BCUT2D eigenvalue weighted by atomic mass is 10.1. The van der Waals surface area contributed by atoms with Crippen LogP contribution in [-0.4, -0.2) is 40.1 Å². The van der Waals surface area contributed by atoms with Gasteiger partial charge in [-0.2, -0.15) is 5.10 Å². The minimum absolute atomic E-state index is 0.0692. The second-order valence-electron chi connectivity index (χ2n) is 3.86. The Balaban J connectivity index is 2.06. The van der Waals surface area contributed by atoms with E-state index >= 15 is 0 Å². The largest absolute Gasteiger partial charge is 0.336 e. The third kappa shape index (κ3) is 2.02. The molecular weight excluding hydrogens is 192 g/mol. The lowest BCUT2D eigenvalue weighted by Gasteiger charge is -2.23. The summed E-state index contributed by atoms with van der Waals surface area (Å²) in [5.41, 5.74) is 6.17. The van der Waals surface area contributed by atoms with E-state index in [0.29, 0.717) is 18.2 Å². The van der Waals surface area contributed by atoms with Gasteiger partial charge in [-0.3, -0.25) is 9.89 Å². The van der Waals surface area contributed by atoms with Gasteiger partial charge in [-0.05, 0) is 25.8 Å². The van der Waals surface area contributed by atoms with Crippen LogP contribution in [0.3, 0.4) is 0 Å². The lowest BCUT2D eigenvalue weighted by Crippen LogP contribution is -2.36. The highest BCUT2D eigenvalue weighted by Gasteiger charge is 2.28. The molecule has 1 unspecified atom stereocenters. The molecule has 0 saturated carbocycles. The summed E-state index contributed by atoms with van der Waals surface area (Å²) in [5, 5.41) is 6.45. The molecule has 1 atom stereocenters. The topological polar surface area (TPSA) is 75.0 Å². The fourth-order valence-electron chi connectivity index (χ4n) is 2.13. The summed E-state index contributed by atoms with van der Waals surface area (Å²) in [4.78, 5) is 13.9. The Morgan fingerprint density at radius 1 is 1.73 bits per heavy atom. The predicted molar refractivity (Wildman–Crippen MR) is 56.3 cm³/mol. The molecule has 1 aromatic heterocycles. The number of rotatable bonds is 3. The van der Waals surface area contributed by atoms with Crippen molar-refractivity contribution in [2.45, 2.75) is 25.3 Å². The molecule has 0 aliphatic carbocycles. The number of amides is 1. The SMILES string of the molecule is NCCC1CCCN1C(=O)c1cn[nH]c1. The van der Waals surface area contributed by atoms with E-state index in [1.54, 1.807) is 12.4 Å². The highest BCUT2D eigenvalue weighted by atomic mass is 16.2. The van der Waals surface area contributed by atoms with Gasteiger partial charge in [-0.25, -0.2) is 0 Å². The second kappa shape index (κ2) is 4.44. The van der Waals surface area contributed by atoms with Gasteiger partial charge in [-0.15, -0.1) is 0 Å². The Hall–Kier alpha value is -1.36. The summed E-state index contributed by atoms with van der Waals surface area (Å²) < 4.78 is 0. The number of nitrogens with one attached hydrogen (secondary N) is 1. The van der Waals surface area contributed by atoms with Crippen molar-refractivity contribution < 1.29 is 4.79 Å².